The number of aryl methyl sites for hydroxylation is 2. The van der Waals surface area contributed by atoms with Crippen molar-refractivity contribution in [2.75, 3.05) is 0 Å². The molecular weight excluding hydrogens is 122 g/mol. The van der Waals surface area contributed by atoms with Gasteiger partial charge in [-0.15, -0.1) is 0 Å². The molecule has 0 radical (unpaired) electrons. The van der Waals surface area contributed by atoms with Gasteiger partial charge in [0.05, 0.1) is 0 Å². The van der Waals surface area contributed by atoms with Crippen LogP contribution in [0.25, 0.3) is 5.57 Å². The molecule has 0 atom stereocenters. The summed E-state index contributed by atoms with van der Waals surface area (Å²) in [6.07, 6.45) is 3.28. The van der Waals surface area contributed by atoms with Gasteiger partial charge in [0.1, 0.15) is 0 Å². The van der Waals surface area contributed by atoms with Gasteiger partial charge in [-0.25, -0.2) is 0 Å². The fourth-order valence-electron chi connectivity index (χ4n) is 1.62. The van der Waals surface area contributed by atoms with Gasteiger partial charge in [0.25, 0.3) is 0 Å². The Labute approximate surface area is 61.0 Å². The molecule has 1 aliphatic rings. The summed E-state index contributed by atoms with van der Waals surface area (Å²) in [7, 11) is 0. The highest BCUT2D eigenvalue weighted by Crippen LogP contribution is 2.28. The van der Waals surface area contributed by atoms with Crippen LogP contribution in [0.1, 0.15) is 17.7 Å². The minimum Gasteiger partial charge on any atom is -0.347 e. The molecule has 0 fully saturated rings. The molecule has 10 heavy (non-hydrogen) atoms. The third-order valence-electron chi connectivity index (χ3n) is 2.15. The van der Waals surface area contributed by atoms with Crippen molar-refractivity contribution in [3.63, 3.8) is 0 Å². The predicted molar refractivity (Wildman–Crippen MR) is 42.8 cm³/mol. The molecule has 0 aliphatic carbocycles. The summed E-state index contributed by atoms with van der Waals surface area (Å²) in [5, 5.41) is 0. The van der Waals surface area contributed by atoms with E-state index in [1.54, 1.807) is 0 Å². The van der Waals surface area contributed by atoms with Gasteiger partial charge >= 0.3 is 0 Å². The number of hydrogen-bond acceptors (Lipinski definition) is 0. The molecule has 2 rings (SSSR count). The lowest BCUT2D eigenvalue weighted by molar-refractivity contribution is 0.769. The van der Waals surface area contributed by atoms with Crippen LogP contribution in [-0.4, -0.2) is 4.57 Å². The van der Waals surface area contributed by atoms with E-state index in [1.807, 2.05) is 0 Å². The van der Waals surface area contributed by atoms with Crippen LogP contribution < -0.4 is 0 Å². The van der Waals surface area contributed by atoms with Gasteiger partial charge in [-0.1, -0.05) is 6.58 Å². The lowest BCUT2D eigenvalue weighted by Gasteiger charge is -1.95. The molecular formula is C9H11N. The van der Waals surface area contributed by atoms with Crippen molar-refractivity contribution in [1.82, 2.24) is 4.57 Å². The molecule has 0 bridgehead atoms. The minimum atomic E-state index is 1.13. The number of nitrogens with zero attached hydrogens (tertiary/aromatic N) is 1. The predicted octanol–water partition coefficient (Wildman–Crippen LogP) is 2.21. The van der Waals surface area contributed by atoms with Crippen molar-refractivity contribution in [1.29, 1.82) is 0 Å². The topological polar surface area (TPSA) is 4.93 Å². The molecule has 52 valence electrons. The van der Waals surface area contributed by atoms with E-state index in [9.17, 15) is 0 Å². The van der Waals surface area contributed by atoms with Gasteiger partial charge in [0, 0.05) is 18.4 Å². The maximum absolute atomic E-state index is 4.01. The molecule has 1 heteroatoms. The minimum absolute atomic E-state index is 1.13. The van der Waals surface area contributed by atoms with E-state index < -0.39 is 0 Å². The Balaban J connectivity index is 2.65. The summed E-state index contributed by atoms with van der Waals surface area (Å²) in [6.45, 7) is 7.28. The quantitative estimate of drug-likeness (QED) is 0.511. The molecule has 0 spiro atoms. The molecule has 0 N–H and O–H groups in total. The lowest BCUT2D eigenvalue weighted by Crippen LogP contribution is -1.87. The Morgan fingerprint density at radius 1 is 1.60 bits per heavy atom. The Hall–Kier alpha value is -0.980. The zero-order valence-corrected chi connectivity index (χ0v) is 6.22. The van der Waals surface area contributed by atoms with Gasteiger partial charge in [-0.2, -0.15) is 0 Å². The van der Waals surface area contributed by atoms with E-state index >= 15 is 0 Å². The number of rotatable bonds is 0. The highest BCUT2D eigenvalue weighted by Gasteiger charge is 2.14. The summed E-state index contributed by atoms with van der Waals surface area (Å²) in [5.74, 6) is 0. The van der Waals surface area contributed by atoms with Crippen molar-refractivity contribution >= 4 is 5.57 Å². The molecule has 1 nitrogen and oxygen atoms in total. The average molecular weight is 133 g/mol. The lowest BCUT2D eigenvalue weighted by atomic mass is 10.1. The molecule has 0 saturated heterocycles. The van der Waals surface area contributed by atoms with Crippen LogP contribution in [0, 0.1) is 6.92 Å². The van der Waals surface area contributed by atoms with Gasteiger partial charge < -0.3 is 4.57 Å². The third kappa shape index (κ3) is 0.576. The first-order chi connectivity index (χ1) is 4.79. The summed E-state index contributed by atoms with van der Waals surface area (Å²) in [6, 6.07) is 2.15. The van der Waals surface area contributed by atoms with Crippen molar-refractivity contribution in [3.8, 4) is 0 Å². The second kappa shape index (κ2) is 1.75. The van der Waals surface area contributed by atoms with Crippen LogP contribution in [0.4, 0.5) is 0 Å². The van der Waals surface area contributed by atoms with Crippen LogP contribution in [-0.2, 0) is 6.54 Å². The van der Waals surface area contributed by atoms with E-state index in [-0.39, 0.29) is 0 Å². The highest BCUT2D eigenvalue weighted by atomic mass is 15.0. The summed E-state index contributed by atoms with van der Waals surface area (Å²) < 4.78 is 2.28. The molecule has 2 heterocycles. The second-order valence-corrected chi connectivity index (χ2v) is 2.89. The van der Waals surface area contributed by atoms with E-state index in [0.29, 0.717) is 0 Å². The van der Waals surface area contributed by atoms with Crippen molar-refractivity contribution in [2.24, 2.45) is 0 Å². The first-order valence-corrected chi connectivity index (χ1v) is 3.63. The zero-order valence-electron chi connectivity index (χ0n) is 6.22. The monoisotopic (exact) mass is 133 g/mol. The molecule has 0 aromatic carbocycles. The molecule has 0 unspecified atom stereocenters. The number of allylic oxidation sites excluding steroid dienone is 1. The first-order valence-electron chi connectivity index (χ1n) is 3.63. The number of aromatic nitrogens is 1. The van der Waals surface area contributed by atoms with Gasteiger partial charge in [0.2, 0.25) is 0 Å². The van der Waals surface area contributed by atoms with Crippen molar-refractivity contribution in [2.45, 2.75) is 19.9 Å². The van der Waals surface area contributed by atoms with E-state index in [0.717, 1.165) is 13.0 Å². The Bertz CT molecular complexity index is 281. The van der Waals surface area contributed by atoms with Gasteiger partial charge in [-0.3, -0.25) is 0 Å². The molecule has 0 amide bonds. The summed E-state index contributed by atoms with van der Waals surface area (Å²) >= 11 is 0. The van der Waals surface area contributed by atoms with Crippen LogP contribution in [0.5, 0.6) is 0 Å². The maximum atomic E-state index is 4.01. The average Bonchev–Trinajstić information content (AvgIpc) is 2.40. The van der Waals surface area contributed by atoms with Crippen molar-refractivity contribution < 1.29 is 0 Å². The zero-order chi connectivity index (χ0) is 7.14. The number of fused-ring (bicyclic) bond motifs is 1. The Kier molecular flexibility index (Phi) is 1.01. The van der Waals surface area contributed by atoms with Crippen molar-refractivity contribution in [3.05, 3.63) is 30.1 Å². The largest absolute Gasteiger partial charge is 0.347 e. The standard InChI is InChI=1S/C9H11N/c1-7-3-5-10-6-4-8(2)9(7)10/h4,6H,1,3,5H2,2H3. The summed E-state index contributed by atoms with van der Waals surface area (Å²) in [4.78, 5) is 0. The normalized spacial score (nSPS) is 15.9. The van der Waals surface area contributed by atoms with Crippen LogP contribution >= 0.6 is 0 Å². The SMILES string of the molecule is C=C1CCn2ccc(C)c21. The van der Waals surface area contributed by atoms with Gasteiger partial charge in [-0.05, 0) is 30.5 Å². The maximum Gasteiger partial charge on any atom is 0.0463 e. The Morgan fingerprint density at radius 3 is 3.10 bits per heavy atom. The van der Waals surface area contributed by atoms with Gasteiger partial charge in [0.15, 0.2) is 0 Å². The van der Waals surface area contributed by atoms with E-state index in [4.69, 9.17) is 0 Å². The Morgan fingerprint density at radius 2 is 2.40 bits per heavy atom. The molecule has 1 aromatic heterocycles. The smallest absolute Gasteiger partial charge is 0.0463 e. The molecule has 1 aliphatic heterocycles. The highest BCUT2D eigenvalue weighted by molar-refractivity contribution is 5.66. The van der Waals surface area contributed by atoms with Crippen LogP contribution in [0.15, 0.2) is 18.8 Å². The van der Waals surface area contributed by atoms with E-state index in [2.05, 4.69) is 30.3 Å². The fourth-order valence-corrected chi connectivity index (χ4v) is 1.62. The van der Waals surface area contributed by atoms with Crippen LogP contribution in [0.3, 0.4) is 0 Å². The molecule has 0 saturated carbocycles. The third-order valence-corrected chi connectivity index (χ3v) is 2.15. The fraction of sp³-hybridized carbons (Fsp3) is 0.333. The molecule has 1 aromatic rings. The second-order valence-electron chi connectivity index (χ2n) is 2.89. The van der Waals surface area contributed by atoms with E-state index in [1.165, 1.54) is 16.8 Å². The summed E-state index contributed by atoms with van der Waals surface area (Å²) in [5.41, 5.74) is 4.02. The number of hydrogen-bond donors (Lipinski definition) is 0. The first kappa shape index (κ1) is 5.78. The van der Waals surface area contributed by atoms with Crippen LogP contribution in [0.2, 0.25) is 0 Å².